The minimum absolute atomic E-state index is 0.326. The Morgan fingerprint density at radius 1 is 1.33 bits per heavy atom. The maximum absolute atomic E-state index is 9.00. The van der Waals surface area contributed by atoms with E-state index in [1.165, 1.54) is 0 Å². The fourth-order valence-corrected chi connectivity index (χ4v) is 1.41. The molecule has 0 saturated heterocycles. The molecule has 1 heterocycles. The van der Waals surface area contributed by atoms with Crippen LogP contribution in [0.5, 0.6) is 0 Å². The second-order valence-corrected chi connectivity index (χ2v) is 2.78. The SMILES string of the molecule is OB(O)[C@H]1C=CC=C2N=CC=C21. The average Bonchev–Trinajstić information content (AvgIpc) is 2.49. The van der Waals surface area contributed by atoms with E-state index in [4.69, 9.17) is 10.0 Å². The summed E-state index contributed by atoms with van der Waals surface area (Å²) in [5.41, 5.74) is 1.71. The summed E-state index contributed by atoms with van der Waals surface area (Å²) in [5.74, 6) is -0.326. The van der Waals surface area contributed by atoms with Gasteiger partial charge in [0.05, 0.1) is 5.70 Å². The molecule has 1 aliphatic heterocycles. The molecule has 2 rings (SSSR count). The molecule has 1 aliphatic carbocycles. The van der Waals surface area contributed by atoms with Gasteiger partial charge in [0.1, 0.15) is 0 Å². The van der Waals surface area contributed by atoms with E-state index in [0.717, 1.165) is 11.3 Å². The monoisotopic (exact) mass is 161 g/mol. The molecule has 60 valence electrons. The lowest BCUT2D eigenvalue weighted by molar-refractivity contribution is 0.400. The van der Waals surface area contributed by atoms with Crippen LogP contribution in [0.25, 0.3) is 0 Å². The van der Waals surface area contributed by atoms with E-state index in [2.05, 4.69) is 4.99 Å². The van der Waals surface area contributed by atoms with Gasteiger partial charge in [-0.2, -0.15) is 0 Å². The van der Waals surface area contributed by atoms with E-state index in [0.29, 0.717) is 0 Å². The fourth-order valence-electron chi connectivity index (χ4n) is 1.41. The third kappa shape index (κ3) is 1.05. The average molecular weight is 161 g/mol. The Morgan fingerprint density at radius 3 is 2.92 bits per heavy atom. The Hall–Kier alpha value is -1.13. The van der Waals surface area contributed by atoms with Gasteiger partial charge in [0.2, 0.25) is 0 Å². The molecule has 0 fully saturated rings. The summed E-state index contributed by atoms with van der Waals surface area (Å²) >= 11 is 0. The first-order valence-electron chi connectivity index (χ1n) is 3.78. The second-order valence-electron chi connectivity index (χ2n) is 2.78. The Kier molecular flexibility index (Phi) is 1.71. The van der Waals surface area contributed by atoms with E-state index < -0.39 is 7.12 Å². The van der Waals surface area contributed by atoms with Crippen molar-refractivity contribution in [1.29, 1.82) is 0 Å². The summed E-state index contributed by atoms with van der Waals surface area (Å²) < 4.78 is 0. The van der Waals surface area contributed by atoms with Crippen molar-refractivity contribution < 1.29 is 10.0 Å². The van der Waals surface area contributed by atoms with E-state index in [-0.39, 0.29) is 5.82 Å². The van der Waals surface area contributed by atoms with Gasteiger partial charge in [-0.1, -0.05) is 12.2 Å². The first-order valence-corrected chi connectivity index (χ1v) is 3.78. The summed E-state index contributed by atoms with van der Waals surface area (Å²) in [6.45, 7) is 0. The van der Waals surface area contributed by atoms with Crippen LogP contribution in [0.4, 0.5) is 0 Å². The van der Waals surface area contributed by atoms with Crippen molar-refractivity contribution in [3.05, 3.63) is 35.6 Å². The highest BCUT2D eigenvalue weighted by atomic mass is 16.4. The molecule has 3 nitrogen and oxygen atoms in total. The molecule has 0 aromatic heterocycles. The standard InChI is InChI=1S/C8H8BNO2/c11-9(12)7-2-1-3-8-6(7)4-5-10-8/h1-5,7,11-12H/t7-/m0/s1. The van der Waals surface area contributed by atoms with Crippen molar-refractivity contribution in [2.45, 2.75) is 5.82 Å². The molecular formula is C8H8BNO2. The summed E-state index contributed by atoms with van der Waals surface area (Å²) in [6, 6.07) is 0. The molecule has 2 N–H and O–H groups in total. The van der Waals surface area contributed by atoms with Crippen molar-refractivity contribution >= 4 is 13.3 Å². The summed E-state index contributed by atoms with van der Waals surface area (Å²) in [6.07, 6.45) is 8.88. The van der Waals surface area contributed by atoms with E-state index in [1.807, 2.05) is 6.08 Å². The lowest BCUT2D eigenvalue weighted by Crippen LogP contribution is -2.21. The van der Waals surface area contributed by atoms with Crippen molar-refractivity contribution in [2.24, 2.45) is 4.99 Å². The van der Waals surface area contributed by atoms with Gasteiger partial charge in [-0.15, -0.1) is 0 Å². The number of hydrogen-bond donors (Lipinski definition) is 2. The van der Waals surface area contributed by atoms with Gasteiger partial charge in [-0.25, -0.2) is 0 Å². The smallest absolute Gasteiger partial charge is 0.426 e. The van der Waals surface area contributed by atoms with Crippen LogP contribution in [0.3, 0.4) is 0 Å². The fraction of sp³-hybridized carbons (Fsp3) is 0.125. The lowest BCUT2D eigenvalue weighted by atomic mass is 9.66. The topological polar surface area (TPSA) is 52.8 Å². The third-order valence-corrected chi connectivity index (χ3v) is 2.02. The number of hydrogen-bond acceptors (Lipinski definition) is 3. The highest BCUT2D eigenvalue weighted by molar-refractivity contribution is 6.45. The number of rotatable bonds is 1. The molecule has 0 amide bonds. The first-order chi connectivity index (χ1) is 5.79. The van der Waals surface area contributed by atoms with Crippen LogP contribution >= 0.6 is 0 Å². The van der Waals surface area contributed by atoms with Gasteiger partial charge in [0.25, 0.3) is 0 Å². The van der Waals surface area contributed by atoms with Gasteiger partial charge >= 0.3 is 7.12 Å². The molecule has 0 bridgehead atoms. The molecule has 0 radical (unpaired) electrons. The molecular weight excluding hydrogens is 153 g/mol. The quantitative estimate of drug-likeness (QED) is 0.543. The zero-order chi connectivity index (χ0) is 8.55. The molecule has 12 heavy (non-hydrogen) atoms. The third-order valence-electron chi connectivity index (χ3n) is 2.02. The predicted molar refractivity (Wildman–Crippen MR) is 47.7 cm³/mol. The molecule has 0 aromatic carbocycles. The highest BCUT2D eigenvalue weighted by Gasteiger charge is 2.29. The zero-order valence-corrected chi connectivity index (χ0v) is 6.38. The summed E-state index contributed by atoms with van der Waals surface area (Å²) in [5, 5.41) is 18.0. The second kappa shape index (κ2) is 2.73. The molecule has 2 aliphatic rings. The van der Waals surface area contributed by atoms with Crippen LogP contribution in [0.2, 0.25) is 5.82 Å². The zero-order valence-electron chi connectivity index (χ0n) is 6.38. The number of fused-ring (bicyclic) bond motifs is 1. The molecule has 0 spiro atoms. The van der Waals surface area contributed by atoms with Crippen LogP contribution in [-0.4, -0.2) is 23.4 Å². The number of nitrogens with zero attached hydrogens (tertiary/aromatic N) is 1. The highest BCUT2D eigenvalue weighted by Crippen LogP contribution is 2.33. The van der Waals surface area contributed by atoms with Gasteiger partial charge in [-0.3, -0.25) is 4.99 Å². The minimum atomic E-state index is -1.34. The van der Waals surface area contributed by atoms with Crippen molar-refractivity contribution in [1.82, 2.24) is 0 Å². The molecule has 1 atom stereocenters. The Morgan fingerprint density at radius 2 is 2.17 bits per heavy atom. The number of allylic oxidation sites excluding steroid dienone is 5. The summed E-state index contributed by atoms with van der Waals surface area (Å²) in [7, 11) is -1.34. The van der Waals surface area contributed by atoms with Crippen LogP contribution in [0.1, 0.15) is 0 Å². The van der Waals surface area contributed by atoms with Crippen LogP contribution in [0.15, 0.2) is 40.6 Å². The summed E-state index contributed by atoms with van der Waals surface area (Å²) in [4.78, 5) is 4.06. The normalized spacial score (nSPS) is 25.0. The maximum Gasteiger partial charge on any atom is 0.463 e. The Labute approximate surface area is 70.6 Å². The van der Waals surface area contributed by atoms with E-state index in [9.17, 15) is 0 Å². The van der Waals surface area contributed by atoms with Gasteiger partial charge in [-0.05, 0) is 17.7 Å². The van der Waals surface area contributed by atoms with Crippen LogP contribution in [0, 0.1) is 0 Å². The van der Waals surface area contributed by atoms with Gasteiger partial charge in [0.15, 0.2) is 0 Å². The first kappa shape index (κ1) is 7.52. The van der Waals surface area contributed by atoms with E-state index in [1.54, 1.807) is 24.4 Å². The maximum atomic E-state index is 9.00. The van der Waals surface area contributed by atoms with Crippen molar-refractivity contribution in [3.8, 4) is 0 Å². The number of aliphatic imine (C=N–C) groups is 1. The van der Waals surface area contributed by atoms with Crippen LogP contribution in [-0.2, 0) is 0 Å². The minimum Gasteiger partial charge on any atom is -0.426 e. The Balaban J connectivity index is 2.33. The van der Waals surface area contributed by atoms with Gasteiger partial charge < -0.3 is 10.0 Å². The molecule has 0 saturated carbocycles. The van der Waals surface area contributed by atoms with Crippen LogP contribution < -0.4 is 0 Å². The molecule has 0 unspecified atom stereocenters. The van der Waals surface area contributed by atoms with Crippen molar-refractivity contribution in [2.75, 3.05) is 0 Å². The van der Waals surface area contributed by atoms with Crippen molar-refractivity contribution in [3.63, 3.8) is 0 Å². The van der Waals surface area contributed by atoms with E-state index >= 15 is 0 Å². The Bertz CT molecular complexity index is 315. The largest absolute Gasteiger partial charge is 0.463 e. The lowest BCUT2D eigenvalue weighted by Gasteiger charge is -2.16. The molecule has 4 heteroatoms. The predicted octanol–water partition coefficient (Wildman–Crippen LogP) is 0.294. The van der Waals surface area contributed by atoms with Gasteiger partial charge in [0, 0.05) is 12.0 Å². The molecule has 0 aromatic rings.